The highest BCUT2D eigenvalue weighted by Gasteiger charge is 2.02. The Morgan fingerprint density at radius 3 is 3.05 bits per heavy atom. The second-order valence-electron chi connectivity index (χ2n) is 4.12. The van der Waals surface area contributed by atoms with Gasteiger partial charge in [-0.3, -0.25) is 0 Å². The lowest BCUT2D eigenvalue weighted by atomic mass is 10.2. The molecule has 1 aromatic heterocycles. The minimum absolute atomic E-state index is 0.419. The lowest BCUT2D eigenvalue weighted by molar-refractivity contribution is -0.131. The molecule has 0 radical (unpaired) electrons. The first-order valence-corrected chi connectivity index (χ1v) is 7.12. The van der Waals surface area contributed by atoms with E-state index in [-0.39, 0.29) is 0 Å². The first-order chi connectivity index (χ1) is 9.67. The van der Waals surface area contributed by atoms with Crippen LogP contribution >= 0.6 is 11.3 Å². The number of thiazole rings is 1. The van der Waals surface area contributed by atoms with E-state index in [1.807, 2.05) is 23.6 Å². The van der Waals surface area contributed by atoms with Gasteiger partial charge in [0.2, 0.25) is 0 Å². The zero-order chi connectivity index (χ0) is 14.4. The van der Waals surface area contributed by atoms with Crippen molar-refractivity contribution in [3.8, 4) is 5.75 Å². The van der Waals surface area contributed by atoms with Crippen LogP contribution in [0.25, 0.3) is 6.08 Å². The van der Waals surface area contributed by atoms with Crippen molar-refractivity contribution in [1.29, 1.82) is 0 Å². The second kappa shape index (κ2) is 6.86. The van der Waals surface area contributed by atoms with Crippen LogP contribution in [0.1, 0.15) is 23.2 Å². The van der Waals surface area contributed by atoms with Crippen LogP contribution in [-0.4, -0.2) is 16.1 Å². The summed E-state index contributed by atoms with van der Waals surface area (Å²) in [7, 11) is 0. The summed E-state index contributed by atoms with van der Waals surface area (Å²) in [5, 5.41) is 11.7. The highest BCUT2D eigenvalue weighted by Crippen LogP contribution is 2.17. The number of ether oxygens (including phenoxy) is 1. The molecule has 0 unspecified atom stereocenters. The molecule has 20 heavy (non-hydrogen) atoms. The molecule has 1 aromatic carbocycles. The van der Waals surface area contributed by atoms with Gasteiger partial charge in [-0.15, -0.1) is 11.3 Å². The molecule has 0 spiro atoms. The van der Waals surface area contributed by atoms with Crippen molar-refractivity contribution in [2.45, 2.75) is 20.0 Å². The highest BCUT2D eigenvalue weighted by molar-refractivity contribution is 7.09. The topological polar surface area (TPSA) is 59.4 Å². The van der Waals surface area contributed by atoms with Crippen molar-refractivity contribution in [2.24, 2.45) is 0 Å². The monoisotopic (exact) mass is 289 g/mol. The van der Waals surface area contributed by atoms with Crippen molar-refractivity contribution < 1.29 is 14.6 Å². The van der Waals surface area contributed by atoms with Crippen molar-refractivity contribution in [3.05, 3.63) is 52.0 Å². The number of carboxylic acids is 1. The molecular weight excluding hydrogens is 274 g/mol. The zero-order valence-corrected chi connectivity index (χ0v) is 11.9. The second-order valence-corrected chi connectivity index (χ2v) is 5.06. The highest BCUT2D eigenvalue weighted by atomic mass is 32.1. The normalized spacial score (nSPS) is 10.8. The van der Waals surface area contributed by atoms with Gasteiger partial charge >= 0.3 is 5.97 Å². The smallest absolute Gasteiger partial charge is 0.328 e. The number of carbonyl (C=O) groups is 1. The quantitative estimate of drug-likeness (QED) is 0.828. The largest absolute Gasteiger partial charge is 0.487 e. The van der Waals surface area contributed by atoms with E-state index < -0.39 is 5.97 Å². The number of hydrogen-bond donors (Lipinski definition) is 1. The fourth-order valence-electron chi connectivity index (χ4n) is 1.61. The SMILES string of the molecule is CCc1nc(COc2cccc(C=CC(=O)O)c2)cs1. The van der Waals surface area contributed by atoms with Crippen molar-refractivity contribution >= 4 is 23.4 Å². The standard InChI is InChI=1S/C15H15NO3S/c1-2-14-16-12(10-20-14)9-19-13-5-3-4-11(8-13)6-7-15(17)18/h3-8,10H,2,9H2,1H3,(H,17,18). The fraction of sp³-hybridized carbons (Fsp3) is 0.200. The molecule has 5 heteroatoms. The summed E-state index contributed by atoms with van der Waals surface area (Å²) in [6.45, 7) is 2.49. The van der Waals surface area contributed by atoms with Gasteiger partial charge < -0.3 is 9.84 Å². The van der Waals surface area contributed by atoms with Crippen molar-refractivity contribution in [3.63, 3.8) is 0 Å². The van der Waals surface area contributed by atoms with Gasteiger partial charge in [-0.05, 0) is 30.2 Å². The van der Waals surface area contributed by atoms with Crippen LogP contribution in [-0.2, 0) is 17.8 Å². The molecule has 0 aliphatic heterocycles. The molecule has 0 saturated carbocycles. The number of aromatic nitrogens is 1. The Labute approximate surface area is 121 Å². The number of aryl methyl sites for hydroxylation is 1. The maximum Gasteiger partial charge on any atom is 0.328 e. The van der Waals surface area contributed by atoms with Gasteiger partial charge in [0.25, 0.3) is 0 Å². The molecule has 0 atom stereocenters. The molecule has 4 nitrogen and oxygen atoms in total. The van der Waals surface area contributed by atoms with Crippen molar-refractivity contribution in [2.75, 3.05) is 0 Å². The van der Waals surface area contributed by atoms with Crippen molar-refractivity contribution in [1.82, 2.24) is 4.98 Å². The van der Waals surface area contributed by atoms with Gasteiger partial charge in [0.15, 0.2) is 0 Å². The van der Waals surface area contributed by atoms with Gasteiger partial charge in [0.05, 0.1) is 10.7 Å². The number of aliphatic carboxylic acids is 1. The Bertz CT molecular complexity index is 619. The summed E-state index contributed by atoms with van der Waals surface area (Å²) in [6, 6.07) is 7.29. The number of nitrogens with zero attached hydrogens (tertiary/aromatic N) is 1. The molecule has 0 aliphatic carbocycles. The van der Waals surface area contributed by atoms with Crippen LogP contribution in [0.3, 0.4) is 0 Å². The Morgan fingerprint density at radius 1 is 1.50 bits per heavy atom. The third-order valence-electron chi connectivity index (χ3n) is 2.56. The average Bonchev–Trinajstić information content (AvgIpc) is 2.91. The van der Waals surface area contributed by atoms with Gasteiger partial charge in [0, 0.05) is 11.5 Å². The molecular formula is C15H15NO3S. The van der Waals surface area contributed by atoms with Crippen LogP contribution in [0.5, 0.6) is 5.75 Å². The third kappa shape index (κ3) is 4.20. The first-order valence-electron chi connectivity index (χ1n) is 6.24. The summed E-state index contributed by atoms with van der Waals surface area (Å²) in [6.07, 6.45) is 3.57. The number of rotatable bonds is 6. The van der Waals surface area contributed by atoms with E-state index in [0.717, 1.165) is 28.8 Å². The van der Waals surface area contributed by atoms with Crippen LogP contribution in [0, 0.1) is 0 Å². The van der Waals surface area contributed by atoms with E-state index in [9.17, 15) is 4.79 Å². The number of carboxylic acid groups (broad SMARTS) is 1. The summed E-state index contributed by atoms with van der Waals surface area (Å²) in [4.78, 5) is 14.9. The van der Waals surface area contributed by atoms with Gasteiger partial charge in [-0.25, -0.2) is 9.78 Å². The third-order valence-corrected chi connectivity index (χ3v) is 3.61. The first kappa shape index (κ1) is 14.3. The van der Waals surface area contributed by atoms with E-state index >= 15 is 0 Å². The zero-order valence-electron chi connectivity index (χ0n) is 11.1. The fourth-order valence-corrected chi connectivity index (χ4v) is 2.34. The van der Waals surface area contributed by atoms with E-state index in [4.69, 9.17) is 9.84 Å². The van der Waals surface area contributed by atoms with E-state index in [0.29, 0.717) is 12.4 Å². The van der Waals surface area contributed by atoms with E-state index in [1.165, 1.54) is 6.08 Å². The number of benzene rings is 1. The summed E-state index contributed by atoms with van der Waals surface area (Å²) >= 11 is 1.63. The predicted molar refractivity (Wildman–Crippen MR) is 78.9 cm³/mol. The molecule has 0 amide bonds. The predicted octanol–water partition coefficient (Wildman–Crippen LogP) is 3.38. The van der Waals surface area contributed by atoms with Gasteiger partial charge in [-0.1, -0.05) is 19.1 Å². The Hall–Kier alpha value is -2.14. The Kier molecular flexibility index (Phi) is 4.90. The minimum atomic E-state index is -0.967. The van der Waals surface area contributed by atoms with Gasteiger partial charge in [0.1, 0.15) is 12.4 Å². The molecule has 0 bridgehead atoms. The van der Waals surface area contributed by atoms with Crippen LogP contribution in [0.2, 0.25) is 0 Å². The van der Waals surface area contributed by atoms with E-state index in [2.05, 4.69) is 11.9 Å². The Morgan fingerprint density at radius 2 is 2.35 bits per heavy atom. The molecule has 1 N–H and O–H groups in total. The lowest BCUT2D eigenvalue weighted by Crippen LogP contribution is -1.96. The van der Waals surface area contributed by atoms with Gasteiger partial charge in [-0.2, -0.15) is 0 Å². The Balaban J connectivity index is 1.99. The molecule has 0 fully saturated rings. The number of hydrogen-bond acceptors (Lipinski definition) is 4. The minimum Gasteiger partial charge on any atom is -0.487 e. The molecule has 0 saturated heterocycles. The van der Waals surface area contributed by atoms with Crippen LogP contribution < -0.4 is 4.74 Å². The summed E-state index contributed by atoms with van der Waals surface area (Å²) in [5.74, 6) is -0.269. The molecule has 104 valence electrons. The molecule has 0 aliphatic rings. The van der Waals surface area contributed by atoms with Crippen LogP contribution in [0.15, 0.2) is 35.7 Å². The summed E-state index contributed by atoms with van der Waals surface area (Å²) < 4.78 is 5.66. The molecule has 1 heterocycles. The van der Waals surface area contributed by atoms with Crippen LogP contribution in [0.4, 0.5) is 0 Å². The molecule has 2 rings (SSSR count). The lowest BCUT2D eigenvalue weighted by Gasteiger charge is -2.04. The molecule has 2 aromatic rings. The maximum absolute atomic E-state index is 10.5. The maximum atomic E-state index is 10.5. The van der Waals surface area contributed by atoms with E-state index in [1.54, 1.807) is 17.4 Å². The average molecular weight is 289 g/mol. The summed E-state index contributed by atoms with van der Waals surface area (Å²) in [5.41, 5.74) is 1.70.